The zero-order valence-electron chi connectivity index (χ0n) is 15.7. The van der Waals surface area contributed by atoms with E-state index in [1.165, 1.54) is 23.8 Å². The molecule has 1 aliphatic heterocycles. The SMILES string of the molecule is CC1CCCN(c2ccc(C(=O)NCCc3c[nH]c4ccccc34)cn2)C1. The summed E-state index contributed by atoms with van der Waals surface area (Å²) in [7, 11) is 0. The molecule has 1 amide bonds. The second kappa shape index (κ2) is 7.82. The van der Waals surface area contributed by atoms with Crippen LogP contribution in [0.4, 0.5) is 5.82 Å². The molecule has 0 saturated carbocycles. The Morgan fingerprint density at radius 2 is 2.19 bits per heavy atom. The summed E-state index contributed by atoms with van der Waals surface area (Å²) in [5, 5.41) is 4.22. The van der Waals surface area contributed by atoms with Crippen molar-refractivity contribution in [3.8, 4) is 0 Å². The maximum absolute atomic E-state index is 12.4. The maximum Gasteiger partial charge on any atom is 0.252 e. The highest BCUT2D eigenvalue weighted by atomic mass is 16.1. The van der Waals surface area contributed by atoms with Gasteiger partial charge in [0.25, 0.3) is 5.91 Å². The van der Waals surface area contributed by atoms with E-state index in [9.17, 15) is 4.79 Å². The molecule has 0 radical (unpaired) electrons. The number of benzene rings is 1. The number of anilines is 1. The first kappa shape index (κ1) is 17.6. The Kier molecular flexibility index (Phi) is 5.10. The van der Waals surface area contributed by atoms with Crippen LogP contribution >= 0.6 is 0 Å². The first-order valence-corrected chi connectivity index (χ1v) is 9.75. The lowest BCUT2D eigenvalue weighted by Crippen LogP contribution is -2.34. The van der Waals surface area contributed by atoms with Crippen LogP contribution in [0.3, 0.4) is 0 Å². The van der Waals surface area contributed by atoms with Gasteiger partial charge < -0.3 is 15.2 Å². The number of H-pyrrole nitrogens is 1. The summed E-state index contributed by atoms with van der Waals surface area (Å²) in [5.41, 5.74) is 2.96. The lowest BCUT2D eigenvalue weighted by molar-refractivity contribution is 0.0954. The predicted molar refractivity (Wildman–Crippen MR) is 109 cm³/mol. The topological polar surface area (TPSA) is 61.0 Å². The number of rotatable bonds is 5. The van der Waals surface area contributed by atoms with Crippen molar-refractivity contribution >= 4 is 22.6 Å². The number of nitrogens with one attached hydrogen (secondary N) is 2. The Morgan fingerprint density at radius 1 is 1.30 bits per heavy atom. The fraction of sp³-hybridized carbons (Fsp3) is 0.364. The minimum absolute atomic E-state index is 0.0686. The van der Waals surface area contributed by atoms with Crippen LogP contribution in [0.15, 0.2) is 48.8 Å². The molecule has 4 rings (SSSR count). The molecule has 2 N–H and O–H groups in total. The third-order valence-corrected chi connectivity index (χ3v) is 5.35. The number of para-hydroxylation sites is 1. The zero-order valence-corrected chi connectivity index (χ0v) is 15.7. The van der Waals surface area contributed by atoms with Crippen LogP contribution in [0.25, 0.3) is 10.9 Å². The normalized spacial score (nSPS) is 17.2. The minimum atomic E-state index is -0.0686. The standard InChI is InChI=1S/C22H26N4O/c1-16-5-4-12-26(15-16)21-9-8-18(14-25-21)22(27)23-11-10-17-13-24-20-7-3-2-6-19(17)20/h2-3,6-9,13-14,16,24H,4-5,10-12,15H2,1H3,(H,23,27). The molecule has 1 unspecified atom stereocenters. The molecular formula is C22H26N4O. The fourth-order valence-electron chi connectivity index (χ4n) is 3.86. The number of hydrogen-bond donors (Lipinski definition) is 2. The Labute approximate surface area is 159 Å². The van der Waals surface area contributed by atoms with Gasteiger partial charge in [-0.25, -0.2) is 4.98 Å². The summed E-state index contributed by atoms with van der Waals surface area (Å²) in [6, 6.07) is 12.1. The van der Waals surface area contributed by atoms with Crippen LogP contribution in [0.1, 0.15) is 35.7 Å². The Hall–Kier alpha value is -2.82. The highest BCUT2D eigenvalue weighted by Crippen LogP contribution is 2.21. The molecule has 1 saturated heterocycles. The molecule has 1 fully saturated rings. The lowest BCUT2D eigenvalue weighted by atomic mass is 10.0. The van der Waals surface area contributed by atoms with Crippen LogP contribution in [0, 0.1) is 5.92 Å². The average Bonchev–Trinajstić information content (AvgIpc) is 3.11. The summed E-state index contributed by atoms with van der Waals surface area (Å²) in [6.45, 7) is 4.98. The molecule has 1 aromatic carbocycles. The summed E-state index contributed by atoms with van der Waals surface area (Å²) >= 11 is 0. The maximum atomic E-state index is 12.4. The molecule has 5 heteroatoms. The number of carbonyl (C=O) groups is 1. The monoisotopic (exact) mass is 362 g/mol. The second-order valence-corrected chi connectivity index (χ2v) is 7.46. The Balaban J connectivity index is 1.33. The number of hydrogen-bond acceptors (Lipinski definition) is 3. The molecule has 3 heterocycles. The van der Waals surface area contributed by atoms with Gasteiger partial charge in [-0.3, -0.25) is 4.79 Å². The first-order valence-electron chi connectivity index (χ1n) is 9.75. The van der Waals surface area contributed by atoms with Crippen molar-refractivity contribution in [1.29, 1.82) is 0 Å². The number of aromatic amines is 1. The highest BCUT2D eigenvalue weighted by molar-refractivity contribution is 5.94. The van der Waals surface area contributed by atoms with Crippen molar-refractivity contribution in [2.24, 2.45) is 5.92 Å². The van der Waals surface area contributed by atoms with E-state index < -0.39 is 0 Å². The lowest BCUT2D eigenvalue weighted by Gasteiger charge is -2.31. The molecule has 1 aliphatic rings. The van der Waals surface area contributed by atoms with Gasteiger partial charge >= 0.3 is 0 Å². The van der Waals surface area contributed by atoms with E-state index in [-0.39, 0.29) is 5.91 Å². The van der Waals surface area contributed by atoms with Crippen LogP contribution in [-0.2, 0) is 6.42 Å². The number of amides is 1. The van der Waals surface area contributed by atoms with E-state index in [4.69, 9.17) is 0 Å². The predicted octanol–water partition coefficient (Wildman–Crippen LogP) is 3.77. The van der Waals surface area contributed by atoms with E-state index in [1.54, 1.807) is 6.20 Å². The van der Waals surface area contributed by atoms with Crippen molar-refractivity contribution in [1.82, 2.24) is 15.3 Å². The quantitative estimate of drug-likeness (QED) is 0.726. The van der Waals surface area contributed by atoms with Gasteiger partial charge in [0.15, 0.2) is 0 Å². The third-order valence-electron chi connectivity index (χ3n) is 5.35. The van der Waals surface area contributed by atoms with Gasteiger partial charge in [-0.1, -0.05) is 25.1 Å². The van der Waals surface area contributed by atoms with Crippen molar-refractivity contribution in [2.45, 2.75) is 26.2 Å². The second-order valence-electron chi connectivity index (χ2n) is 7.46. The van der Waals surface area contributed by atoms with Gasteiger partial charge in [0, 0.05) is 42.9 Å². The van der Waals surface area contributed by atoms with Crippen molar-refractivity contribution in [2.75, 3.05) is 24.5 Å². The van der Waals surface area contributed by atoms with Gasteiger partial charge in [0.1, 0.15) is 5.82 Å². The minimum Gasteiger partial charge on any atom is -0.361 e. The number of fused-ring (bicyclic) bond motifs is 1. The highest BCUT2D eigenvalue weighted by Gasteiger charge is 2.17. The summed E-state index contributed by atoms with van der Waals surface area (Å²) in [5.74, 6) is 1.60. The number of piperidine rings is 1. The Morgan fingerprint density at radius 3 is 3.00 bits per heavy atom. The van der Waals surface area contributed by atoms with Crippen LogP contribution in [-0.4, -0.2) is 35.5 Å². The molecule has 0 aliphatic carbocycles. The molecule has 2 aromatic heterocycles. The summed E-state index contributed by atoms with van der Waals surface area (Å²) < 4.78 is 0. The zero-order chi connectivity index (χ0) is 18.6. The molecule has 0 spiro atoms. The number of nitrogens with zero attached hydrogens (tertiary/aromatic N) is 2. The van der Waals surface area contributed by atoms with Crippen LogP contribution in [0.5, 0.6) is 0 Å². The molecule has 27 heavy (non-hydrogen) atoms. The van der Waals surface area contributed by atoms with E-state index in [0.717, 1.165) is 30.8 Å². The fourth-order valence-corrected chi connectivity index (χ4v) is 3.86. The number of pyridine rings is 1. The van der Waals surface area contributed by atoms with E-state index in [0.29, 0.717) is 18.0 Å². The molecule has 5 nitrogen and oxygen atoms in total. The molecule has 1 atom stereocenters. The van der Waals surface area contributed by atoms with E-state index >= 15 is 0 Å². The van der Waals surface area contributed by atoms with Crippen LogP contribution < -0.4 is 10.2 Å². The number of aromatic nitrogens is 2. The van der Waals surface area contributed by atoms with Crippen LogP contribution in [0.2, 0.25) is 0 Å². The van der Waals surface area contributed by atoms with Crippen molar-refractivity contribution in [3.63, 3.8) is 0 Å². The molecule has 0 bridgehead atoms. The van der Waals surface area contributed by atoms with Gasteiger partial charge in [-0.15, -0.1) is 0 Å². The first-order chi connectivity index (χ1) is 13.2. The summed E-state index contributed by atoms with van der Waals surface area (Å²) in [4.78, 5) is 22.5. The summed E-state index contributed by atoms with van der Waals surface area (Å²) in [6.07, 6.45) is 7.00. The van der Waals surface area contributed by atoms with Gasteiger partial charge in [-0.2, -0.15) is 0 Å². The van der Waals surface area contributed by atoms with Gasteiger partial charge in [0.2, 0.25) is 0 Å². The largest absolute Gasteiger partial charge is 0.361 e. The van der Waals surface area contributed by atoms with Crippen molar-refractivity contribution < 1.29 is 4.79 Å². The van der Waals surface area contributed by atoms with Gasteiger partial charge in [-0.05, 0) is 48.9 Å². The average molecular weight is 362 g/mol. The van der Waals surface area contributed by atoms with Gasteiger partial charge in [0.05, 0.1) is 5.56 Å². The third kappa shape index (κ3) is 3.97. The van der Waals surface area contributed by atoms with Crippen molar-refractivity contribution in [3.05, 3.63) is 59.9 Å². The smallest absolute Gasteiger partial charge is 0.252 e. The van der Waals surface area contributed by atoms with E-state index in [2.05, 4.69) is 39.2 Å². The number of carbonyl (C=O) groups excluding carboxylic acids is 1. The molecular weight excluding hydrogens is 336 g/mol. The Bertz CT molecular complexity index is 915. The molecule has 3 aromatic rings. The van der Waals surface area contributed by atoms with E-state index in [1.807, 2.05) is 30.5 Å². The molecule has 140 valence electrons.